The molecule has 0 spiro atoms. The Balaban J connectivity index is 1.22. The van der Waals surface area contributed by atoms with Gasteiger partial charge >= 0.3 is 0 Å². The second-order valence-electron chi connectivity index (χ2n) is 9.13. The number of nitrogens with one attached hydrogen (secondary N) is 1. The Morgan fingerprint density at radius 2 is 1.82 bits per heavy atom. The molecule has 0 atom stereocenters. The highest BCUT2D eigenvalue weighted by Crippen LogP contribution is 2.33. The number of ether oxygens (including phenoxy) is 1. The summed E-state index contributed by atoms with van der Waals surface area (Å²) in [6, 6.07) is 18.9. The highest BCUT2D eigenvalue weighted by atomic mass is 16.5. The number of carbonyl (C=O) groups excluding carboxylic acids is 2. The molecule has 2 aromatic carbocycles. The van der Waals surface area contributed by atoms with Crippen LogP contribution in [0.4, 0.5) is 5.69 Å². The summed E-state index contributed by atoms with van der Waals surface area (Å²) in [5.41, 5.74) is 2.65. The minimum atomic E-state index is -0.225. The SMILES string of the molecule is O=C(COc1ccccc1)Nc1cccc(-c2cc3c(o2)CCN(C(=O)C2CCCCC2)C3)c1. The minimum absolute atomic E-state index is 0.0614. The first-order valence-electron chi connectivity index (χ1n) is 12.1. The molecule has 5 rings (SSSR count). The van der Waals surface area contributed by atoms with E-state index in [2.05, 4.69) is 5.32 Å². The van der Waals surface area contributed by atoms with Gasteiger partial charge in [0, 0.05) is 42.2 Å². The maximum Gasteiger partial charge on any atom is 0.262 e. The lowest BCUT2D eigenvalue weighted by Crippen LogP contribution is -2.40. The van der Waals surface area contributed by atoms with E-state index in [0.717, 1.165) is 54.8 Å². The standard InChI is InChI=1S/C28H30N2O4/c31-27(19-33-24-12-5-2-6-13-24)29-23-11-7-10-21(16-23)26-17-22-18-30(15-14-25(22)34-26)28(32)20-8-3-1-4-9-20/h2,5-7,10-13,16-17,20H,1,3-4,8-9,14-15,18-19H2,(H,29,31). The predicted molar refractivity (Wildman–Crippen MR) is 130 cm³/mol. The quantitative estimate of drug-likeness (QED) is 0.535. The molecular weight excluding hydrogens is 428 g/mol. The van der Waals surface area contributed by atoms with E-state index in [1.54, 1.807) is 0 Å². The van der Waals surface area contributed by atoms with Gasteiger partial charge in [0.15, 0.2) is 6.61 Å². The third-order valence-electron chi connectivity index (χ3n) is 6.68. The molecule has 0 bridgehead atoms. The van der Waals surface area contributed by atoms with Crippen LogP contribution in [0.15, 0.2) is 65.1 Å². The molecule has 3 aromatic rings. The normalized spacial score (nSPS) is 16.1. The number of benzene rings is 2. The van der Waals surface area contributed by atoms with Crippen molar-refractivity contribution >= 4 is 17.5 Å². The van der Waals surface area contributed by atoms with Crippen molar-refractivity contribution in [3.05, 3.63) is 72.0 Å². The first-order valence-corrected chi connectivity index (χ1v) is 12.1. The van der Waals surface area contributed by atoms with Gasteiger partial charge < -0.3 is 19.4 Å². The van der Waals surface area contributed by atoms with Gasteiger partial charge in [0.05, 0.1) is 0 Å². The van der Waals surface area contributed by atoms with Crippen molar-refractivity contribution in [3.8, 4) is 17.1 Å². The summed E-state index contributed by atoms with van der Waals surface area (Å²) in [6.45, 7) is 1.27. The molecule has 6 nitrogen and oxygen atoms in total. The monoisotopic (exact) mass is 458 g/mol. The Bertz CT molecular complexity index is 1150. The molecule has 0 radical (unpaired) electrons. The first-order chi connectivity index (χ1) is 16.7. The number of carbonyl (C=O) groups is 2. The fourth-order valence-electron chi connectivity index (χ4n) is 4.88. The second kappa shape index (κ2) is 10.2. The molecule has 1 aliphatic heterocycles. The number of nitrogens with zero attached hydrogens (tertiary/aromatic N) is 1. The zero-order valence-corrected chi connectivity index (χ0v) is 19.3. The zero-order chi connectivity index (χ0) is 23.3. The van der Waals surface area contributed by atoms with Gasteiger partial charge in [-0.3, -0.25) is 9.59 Å². The summed E-state index contributed by atoms with van der Waals surface area (Å²) in [5.74, 6) is 2.63. The van der Waals surface area contributed by atoms with Gasteiger partial charge in [0.1, 0.15) is 17.3 Å². The van der Waals surface area contributed by atoms with E-state index in [4.69, 9.17) is 9.15 Å². The molecule has 176 valence electrons. The highest BCUT2D eigenvalue weighted by molar-refractivity contribution is 5.92. The molecule has 1 aromatic heterocycles. The van der Waals surface area contributed by atoms with Crippen LogP contribution >= 0.6 is 0 Å². The summed E-state index contributed by atoms with van der Waals surface area (Å²) in [5, 5.41) is 2.88. The molecule has 1 fully saturated rings. The molecule has 0 saturated heterocycles. The number of fused-ring (bicyclic) bond motifs is 1. The van der Waals surface area contributed by atoms with Gasteiger partial charge in [-0.1, -0.05) is 49.6 Å². The number of hydrogen-bond donors (Lipinski definition) is 1. The van der Waals surface area contributed by atoms with E-state index in [0.29, 0.717) is 30.4 Å². The van der Waals surface area contributed by atoms with Crippen LogP contribution in [0.25, 0.3) is 11.3 Å². The zero-order valence-electron chi connectivity index (χ0n) is 19.3. The third-order valence-corrected chi connectivity index (χ3v) is 6.68. The van der Waals surface area contributed by atoms with Gasteiger partial charge in [-0.15, -0.1) is 0 Å². The lowest BCUT2D eigenvalue weighted by atomic mass is 9.88. The van der Waals surface area contributed by atoms with Crippen molar-refractivity contribution in [2.75, 3.05) is 18.5 Å². The Morgan fingerprint density at radius 1 is 1.00 bits per heavy atom. The third kappa shape index (κ3) is 5.16. The number of para-hydroxylation sites is 1. The van der Waals surface area contributed by atoms with Crippen LogP contribution < -0.4 is 10.1 Å². The summed E-state index contributed by atoms with van der Waals surface area (Å²) in [4.78, 5) is 27.3. The Kier molecular flexibility index (Phi) is 6.65. The predicted octanol–water partition coefficient (Wildman–Crippen LogP) is 5.43. The van der Waals surface area contributed by atoms with Crippen molar-refractivity contribution in [1.29, 1.82) is 0 Å². The van der Waals surface area contributed by atoms with Crippen molar-refractivity contribution in [2.45, 2.75) is 45.1 Å². The average molecular weight is 459 g/mol. The molecule has 34 heavy (non-hydrogen) atoms. The summed E-state index contributed by atoms with van der Waals surface area (Å²) < 4.78 is 11.7. The number of furan rings is 1. The Morgan fingerprint density at radius 3 is 2.65 bits per heavy atom. The molecule has 1 N–H and O–H groups in total. The minimum Gasteiger partial charge on any atom is -0.484 e. The molecule has 2 heterocycles. The van der Waals surface area contributed by atoms with Crippen molar-refractivity contribution in [1.82, 2.24) is 4.90 Å². The van der Waals surface area contributed by atoms with Crippen molar-refractivity contribution in [3.63, 3.8) is 0 Å². The fourth-order valence-corrected chi connectivity index (χ4v) is 4.88. The van der Waals surface area contributed by atoms with Crippen LogP contribution in [-0.2, 0) is 22.6 Å². The van der Waals surface area contributed by atoms with E-state index in [9.17, 15) is 9.59 Å². The van der Waals surface area contributed by atoms with Crippen molar-refractivity contribution in [2.24, 2.45) is 5.92 Å². The largest absolute Gasteiger partial charge is 0.484 e. The molecule has 2 aliphatic rings. The number of amides is 2. The van der Waals surface area contributed by atoms with Gasteiger partial charge in [0.2, 0.25) is 5.91 Å². The Hall–Kier alpha value is -3.54. The molecule has 1 aliphatic carbocycles. The topological polar surface area (TPSA) is 71.8 Å². The molecule has 6 heteroatoms. The maximum absolute atomic E-state index is 13.0. The van der Waals surface area contributed by atoms with E-state index in [-0.39, 0.29) is 18.4 Å². The summed E-state index contributed by atoms with van der Waals surface area (Å²) in [6.07, 6.45) is 6.36. The van der Waals surface area contributed by atoms with Gasteiger partial charge in [-0.05, 0) is 43.2 Å². The van der Waals surface area contributed by atoms with Gasteiger partial charge in [-0.2, -0.15) is 0 Å². The van der Waals surface area contributed by atoms with Gasteiger partial charge in [0.25, 0.3) is 5.91 Å². The Labute approximate surface area is 199 Å². The summed E-state index contributed by atoms with van der Waals surface area (Å²) in [7, 11) is 0. The second-order valence-corrected chi connectivity index (χ2v) is 9.13. The van der Waals surface area contributed by atoms with Crippen LogP contribution in [0.3, 0.4) is 0 Å². The van der Waals surface area contributed by atoms with E-state index >= 15 is 0 Å². The number of hydrogen-bond acceptors (Lipinski definition) is 4. The van der Waals surface area contributed by atoms with Crippen LogP contribution in [0.2, 0.25) is 0 Å². The van der Waals surface area contributed by atoms with Crippen LogP contribution in [0, 0.1) is 5.92 Å². The van der Waals surface area contributed by atoms with E-state index in [1.165, 1.54) is 6.42 Å². The van der Waals surface area contributed by atoms with E-state index in [1.807, 2.05) is 65.6 Å². The summed E-state index contributed by atoms with van der Waals surface area (Å²) >= 11 is 0. The highest BCUT2D eigenvalue weighted by Gasteiger charge is 2.30. The molecule has 1 saturated carbocycles. The maximum atomic E-state index is 13.0. The van der Waals surface area contributed by atoms with Crippen LogP contribution in [0.5, 0.6) is 5.75 Å². The fraction of sp³-hybridized carbons (Fsp3) is 0.357. The lowest BCUT2D eigenvalue weighted by molar-refractivity contribution is -0.137. The lowest BCUT2D eigenvalue weighted by Gasteiger charge is -2.31. The number of rotatable bonds is 6. The smallest absolute Gasteiger partial charge is 0.262 e. The molecule has 0 unspecified atom stereocenters. The van der Waals surface area contributed by atoms with Crippen molar-refractivity contribution < 1.29 is 18.7 Å². The average Bonchev–Trinajstić information content (AvgIpc) is 3.32. The van der Waals surface area contributed by atoms with Crippen LogP contribution in [-0.4, -0.2) is 29.9 Å². The number of anilines is 1. The molecular formula is C28H30N2O4. The molecule has 2 amide bonds. The van der Waals surface area contributed by atoms with E-state index < -0.39 is 0 Å². The van der Waals surface area contributed by atoms with Crippen LogP contribution in [0.1, 0.15) is 43.4 Å². The first kappa shape index (κ1) is 22.3. The van der Waals surface area contributed by atoms with Gasteiger partial charge in [-0.25, -0.2) is 0 Å².